The summed E-state index contributed by atoms with van der Waals surface area (Å²) in [6, 6.07) is 12.5. The third-order valence-corrected chi connectivity index (χ3v) is 7.59. The lowest BCUT2D eigenvalue weighted by Crippen LogP contribution is -2.53. The fourth-order valence-corrected chi connectivity index (χ4v) is 5.62. The molecule has 0 aliphatic carbocycles. The van der Waals surface area contributed by atoms with Gasteiger partial charge in [-0.2, -0.15) is 5.10 Å². The molecular formula is C27H35N5O3. The van der Waals surface area contributed by atoms with E-state index in [0.717, 1.165) is 40.6 Å². The number of anilines is 1. The Bertz CT molecular complexity index is 1110. The van der Waals surface area contributed by atoms with Gasteiger partial charge in [-0.05, 0) is 75.0 Å². The second kappa shape index (κ2) is 9.77. The number of amides is 2. The average molecular weight is 478 g/mol. The summed E-state index contributed by atoms with van der Waals surface area (Å²) in [6.45, 7) is 5.58. The highest BCUT2D eigenvalue weighted by Crippen LogP contribution is 2.35. The average Bonchev–Trinajstić information content (AvgIpc) is 3.04. The number of benzene rings is 2. The molecule has 6 rings (SSSR count). The molecule has 4 aliphatic rings. The van der Waals surface area contributed by atoms with Crippen LogP contribution in [0.1, 0.15) is 36.5 Å². The first-order valence-corrected chi connectivity index (χ1v) is 12.4. The highest BCUT2D eigenvalue weighted by molar-refractivity contribution is 6.14. The van der Waals surface area contributed by atoms with Crippen molar-refractivity contribution in [3.05, 3.63) is 53.1 Å². The zero-order valence-corrected chi connectivity index (χ0v) is 21.0. The highest BCUT2D eigenvalue weighted by atomic mass is 16.5. The van der Waals surface area contributed by atoms with Gasteiger partial charge in [0.1, 0.15) is 0 Å². The van der Waals surface area contributed by atoms with Gasteiger partial charge in [-0.25, -0.2) is 9.80 Å². The van der Waals surface area contributed by atoms with Crippen molar-refractivity contribution in [2.75, 3.05) is 46.2 Å². The molecule has 4 heterocycles. The molecule has 2 aromatic rings. The number of carbonyl (C=O) groups excluding carboxylic acids is 1. The van der Waals surface area contributed by atoms with Crippen LogP contribution in [0.25, 0.3) is 0 Å². The van der Waals surface area contributed by atoms with E-state index in [2.05, 4.69) is 39.8 Å². The molecule has 8 nitrogen and oxygen atoms in total. The maximum absolute atomic E-state index is 12.7. The number of hydrogen-bond acceptors (Lipinski definition) is 6. The van der Waals surface area contributed by atoms with Crippen molar-refractivity contribution in [3.63, 3.8) is 0 Å². The maximum atomic E-state index is 12.7. The number of nitrogens with zero attached hydrogens (tertiary/aromatic N) is 3. The van der Waals surface area contributed by atoms with Crippen LogP contribution in [0.2, 0.25) is 0 Å². The van der Waals surface area contributed by atoms with E-state index in [-0.39, 0.29) is 12.1 Å². The summed E-state index contributed by atoms with van der Waals surface area (Å²) >= 11 is 0. The van der Waals surface area contributed by atoms with Gasteiger partial charge in [0.25, 0.3) is 0 Å². The quantitative estimate of drug-likeness (QED) is 0.689. The minimum Gasteiger partial charge on any atom is -0.493 e. The SMILES string of the molecule is CNC(=O)N1N=C(c2ccc(NC3CN4CCC3CC4)cc2)c2cc(OC)c(OC)cc2CC1C. The molecule has 35 heavy (non-hydrogen) atoms. The van der Waals surface area contributed by atoms with E-state index in [1.165, 1.54) is 30.9 Å². The fraction of sp³-hybridized carbons (Fsp3) is 0.481. The molecule has 8 heteroatoms. The second-order valence-corrected chi connectivity index (χ2v) is 9.73. The normalized spacial score (nSPS) is 25.3. The molecule has 3 fully saturated rings. The zero-order valence-electron chi connectivity index (χ0n) is 21.0. The number of carbonyl (C=O) groups is 1. The number of methoxy groups -OCH3 is 2. The van der Waals surface area contributed by atoms with E-state index in [4.69, 9.17) is 14.6 Å². The summed E-state index contributed by atoms with van der Waals surface area (Å²) in [6.07, 6.45) is 3.21. The first kappa shape index (κ1) is 23.5. The van der Waals surface area contributed by atoms with Crippen molar-refractivity contribution in [3.8, 4) is 11.5 Å². The Morgan fingerprint density at radius 1 is 1.06 bits per heavy atom. The summed E-state index contributed by atoms with van der Waals surface area (Å²) in [5.41, 5.74) is 4.81. The van der Waals surface area contributed by atoms with Crippen LogP contribution in [0, 0.1) is 5.92 Å². The van der Waals surface area contributed by atoms with Gasteiger partial charge in [-0.3, -0.25) is 0 Å². The van der Waals surface area contributed by atoms with Gasteiger partial charge in [0.05, 0.1) is 26.0 Å². The van der Waals surface area contributed by atoms with Gasteiger partial charge >= 0.3 is 6.03 Å². The molecule has 0 radical (unpaired) electrons. The highest BCUT2D eigenvalue weighted by Gasteiger charge is 2.34. The van der Waals surface area contributed by atoms with Crippen molar-refractivity contribution >= 4 is 17.4 Å². The number of nitrogens with one attached hydrogen (secondary N) is 2. The summed E-state index contributed by atoms with van der Waals surface area (Å²) in [7, 11) is 4.90. The molecule has 3 saturated heterocycles. The number of hydrazone groups is 1. The Kier molecular flexibility index (Phi) is 6.56. The van der Waals surface area contributed by atoms with E-state index in [1.807, 2.05) is 19.1 Å². The molecule has 2 amide bonds. The monoisotopic (exact) mass is 477 g/mol. The van der Waals surface area contributed by atoms with Gasteiger partial charge in [-0.1, -0.05) is 12.1 Å². The maximum Gasteiger partial charge on any atom is 0.337 e. The Morgan fingerprint density at radius 3 is 2.34 bits per heavy atom. The minimum atomic E-state index is -0.234. The van der Waals surface area contributed by atoms with Crippen LogP contribution in [-0.2, 0) is 6.42 Å². The molecule has 2 atom stereocenters. The first-order chi connectivity index (χ1) is 17.0. The first-order valence-electron chi connectivity index (χ1n) is 12.4. The lowest BCUT2D eigenvalue weighted by molar-refractivity contribution is 0.0975. The molecule has 4 aliphatic heterocycles. The number of fused-ring (bicyclic) bond motifs is 4. The van der Waals surface area contributed by atoms with Crippen LogP contribution >= 0.6 is 0 Å². The molecule has 2 unspecified atom stereocenters. The van der Waals surface area contributed by atoms with Gasteiger partial charge in [0.15, 0.2) is 11.5 Å². The second-order valence-electron chi connectivity index (χ2n) is 9.73. The molecule has 2 N–H and O–H groups in total. The van der Waals surface area contributed by atoms with Gasteiger partial charge in [-0.15, -0.1) is 0 Å². The van der Waals surface area contributed by atoms with Crippen LogP contribution < -0.4 is 20.1 Å². The van der Waals surface area contributed by atoms with E-state index < -0.39 is 0 Å². The van der Waals surface area contributed by atoms with Gasteiger partial charge in [0, 0.05) is 36.4 Å². The predicted molar refractivity (Wildman–Crippen MR) is 138 cm³/mol. The van der Waals surface area contributed by atoms with Crippen LogP contribution in [-0.4, -0.2) is 74.6 Å². The van der Waals surface area contributed by atoms with Crippen LogP contribution in [0.15, 0.2) is 41.5 Å². The number of urea groups is 1. The number of hydrogen-bond donors (Lipinski definition) is 2. The predicted octanol–water partition coefficient (Wildman–Crippen LogP) is 3.55. The molecule has 0 saturated carbocycles. The van der Waals surface area contributed by atoms with Crippen molar-refractivity contribution < 1.29 is 14.3 Å². The van der Waals surface area contributed by atoms with Gasteiger partial charge < -0.3 is 25.0 Å². The minimum absolute atomic E-state index is 0.123. The lowest BCUT2D eigenvalue weighted by atomic mass is 9.84. The topological polar surface area (TPSA) is 78.4 Å². The third-order valence-electron chi connectivity index (χ3n) is 7.59. The standard InChI is InChI=1S/C27H35N5O3/c1-17-13-20-14-24(34-3)25(35-4)15-22(20)26(30-32(17)27(33)28-2)19-5-7-21(8-6-19)29-23-16-31-11-9-18(23)10-12-31/h5-8,14-15,17-18,23,29H,9-13,16H2,1-4H3,(H,28,33). The Balaban J connectivity index is 1.50. The largest absolute Gasteiger partial charge is 0.493 e. The van der Waals surface area contributed by atoms with E-state index in [1.54, 1.807) is 21.3 Å². The molecule has 0 spiro atoms. The van der Waals surface area contributed by atoms with E-state index in [0.29, 0.717) is 24.0 Å². The summed E-state index contributed by atoms with van der Waals surface area (Å²) in [5, 5.41) is 12.9. The summed E-state index contributed by atoms with van der Waals surface area (Å²) in [5.74, 6) is 2.06. The van der Waals surface area contributed by atoms with Crippen molar-refractivity contribution in [2.45, 2.75) is 38.3 Å². The molecule has 0 aromatic heterocycles. The van der Waals surface area contributed by atoms with Crippen molar-refractivity contribution in [1.29, 1.82) is 0 Å². The van der Waals surface area contributed by atoms with E-state index in [9.17, 15) is 4.79 Å². The summed E-state index contributed by atoms with van der Waals surface area (Å²) in [4.78, 5) is 15.2. The number of ether oxygens (including phenoxy) is 2. The lowest BCUT2D eigenvalue weighted by Gasteiger charge is -2.45. The molecule has 186 valence electrons. The summed E-state index contributed by atoms with van der Waals surface area (Å²) < 4.78 is 11.1. The van der Waals surface area contributed by atoms with Crippen LogP contribution in [0.3, 0.4) is 0 Å². The number of piperidine rings is 3. The fourth-order valence-electron chi connectivity index (χ4n) is 5.62. The van der Waals surface area contributed by atoms with Crippen LogP contribution in [0.5, 0.6) is 11.5 Å². The Hall–Kier alpha value is -3.26. The van der Waals surface area contributed by atoms with E-state index >= 15 is 0 Å². The smallest absolute Gasteiger partial charge is 0.337 e. The molecular weight excluding hydrogens is 442 g/mol. The Labute approximate surface area is 207 Å². The third kappa shape index (κ3) is 4.55. The molecule has 2 aromatic carbocycles. The number of rotatable bonds is 5. The van der Waals surface area contributed by atoms with Crippen LogP contribution in [0.4, 0.5) is 10.5 Å². The molecule has 2 bridgehead atoms. The zero-order chi connectivity index (χ0) is 24.5. The van der Waals surface area contributed by atoms with Crippen molar-refractivity contribution in [2.24, 2.45) is 11.0 Å². The van der Waals surface area contributed by atoms with Gasteiger partial charge in [0.2, 0.25) is 0 Å². The van der Waals surface area contributed by atoms with Crippen molar-refractivity contribution in [1.82, 2.24) is 15.2 Å². The Morgan fingerprint density at radius 2 is 1.74 bits per heavy atom.